The molecule has 0 spiro atoms. The van der Waals surface area contributed by atoms with E-state index in [1.54, 1.807) is 12.4 Å². The van der Waals surface area contributed by atoms with Crippen LogP contribution in [0.1, 0.15) is 12.6 Å². The van der Waals surface area contributed by atoms with Crippen molar-refractivity contribution in [1.82, 2.24) is 24.6 Å². The zero-order valence-electron chi connectivity index (χ0n) is 10.0. The SMILES string of the molecule is C[C@@H]1CN(Cc2cnc3cnccn23)CCN1. The molecule has 0 saturated carbocycles. The van der Waals surface area contributed by atoms with E-state index in [1.165, 1.54) is 5.69 Å². The highest BCUT2D eigenvalue weighted by Gasteiger charge is 2.16. The molecule has 90 valence electrons. The average molecular weight is 231 g/mol. The molecule has 2 aromatic rings. The van der Waals surface area contributed by atoms with Gasteiger partial charge in [0.1, 0.15) is 0 Å². The number of nitrogens with one attached hydrogen (secondary N) is 1. The number of piperazine rings is 1. The third-order valence-corrected chi connectivity index (χ3v) is 3.23. The van der Waals surface area contributed by atoms with Crippen molar-refractivity contribution in [3.63, 3.8) is 0 Å². The number of hydrogen-bond acceptors (Lipinski definition) is 4. The molecule has 0 aromatic carbocycles. The second-order valence-corrected chi connectivity index (χ2v) is 4.64. The van der Waals surface area contributed by atoms with Crippen molar-refractivity contribution in [2.45, 2.75) is 19.5 Å². The van der Waals surface area contributed by atoms with Gasteiger partial charge < -0.3 is 5.32 Å². The Morgan fingerprint density at radius 2 is 2.41 bits per heavy atom. The van der Waals surface area contributed by atoms with Gasteiger partial charge in [-0.15, -0.1) is 0 Å². The number of aromatic nitrogens is 3. The summed E-state index contributed by atoms with van der Waals surface area (Å²) in [5.74, 6) is 0. The van der Waals surface area contributed by atoms with Crippen molar-refractivity contribution in [3.8, 4) is 0 Å². The number of rotatable bonds is 2. The van der Waals surface area contributed by atoms with Crippen LogP contribution in [0.4, 0.5) is 0 Å². The molecule has 1 atom stereocenters. The van der Waals surface area contributed by atoms with Crippen LogP contribution in [-0.2, 0) is 6.54 Å². The smallest absolute Gasteiger partial charge is 0.155 e. The van der Waals surface area contributed by atoms with Gasteiger partial charge in [-0.05, 0) is 6.92 Å². The first-order valence-corrected chi connectivity index (χ1v) is 6.04. The van der Waals surface area contributed by atoms with E-state index in [4.69, 9.17) is 0 Å². The van der Waals surface area contributed by atoms with Crippen LogP contribution in [0.3, 0.4) is 0 Å². The van der Waals surface area contributed by atoms with Crippen LogP contribution < -0.4 is 5.32 Å². The molecule has 1 fully saturated rings. The van der Waals surface area contributed by atoms with Crippen molar-refractivity contribution in [1.29, 1.82) is 0 Å². The van der Waals surface area contributed by atoms with Crippen molar-refractivity contribution in [2.24, 2.45) is 0 Å². The van der Waals surface area contributed by atoms with Crippen LogP contribution in [0.25, 0.3) is 5.65 Å². The fourth-order valence-electron chi connectivity index (χ4n) is 2.40. The quantitative estimate of drug-likeness (QED) is 0.818. The summed E-state index contributed by atoms with van der Waals surface area (Å²) in [5, 5.41) is 3.45. The molecule has 2 aromatic heterocycles. The van der Waals surface area contributed by atoms with E-state index in [1.807, 2.05) is 12.4 Å². The first-order valence-electron chi connectivity index (χ1n) is 6.04. The summed E-state index contributed by atoms with van der Waals surface area (Å²) in [6.07, 6.45) is 7.52. The zero-order valence-corrected chi connectivity index (χ0v) is 10.0. The minimum Gasteiger partial charge on any atom is -0.312 e. The van der Waals surface area contributed by atoms with Crippen molar-refractivity contribution in [3.05, 3.63) is 30.5 Å². The third kappa shape index (κ3) is 2.16. The highest BCUT2D eigenvalue weighted by molar-refractivity contribution is 5.36. The summed E-state index contributed by atoms with van der Waals surface area (Å²) in [7, 11) is 0. The topological polar surface area (TPSA) is 45.5 Å². The monoisotopic (exact) mass is 231 g/mol. The highest BCUT2D eigenvalue weighted by atomic mass is 15.2. The largest absolute Gasteiger partial charge is 0.312 e. The number of nitrogens with zero attached hydrogens (tertiary/aromatic N) is 4. The second kappa shape index (κ2) is 4.43. The molecule has 0 radical (unpaired) electrons. The van der Waals surface area contributed by atoms with E-state index in [2.05, 4.69) is 31.5 Å². The van der Waals surface area contributed by atoms with E-state index in [0.717, 1.165) is 31.8 Å². The van der Waals surface area contributed by atoms with Crippen molar-refractivity contribution in [2.75, 3.05) is 19.6 Å². The molecule has 5 heteroatoms. The summed E-state index contributed by atoms with van der Waals surface area (Å²) < 4.78 is 2.11. The highest BCUT2D eigenvalue weighted by Crippen LogP contribution is 2.09. The Kier molecular flexibility index (Phi) is 2.78. The normalized spacial score (nSPS) is 22.1. The summed E-state index contributed by atoms with van der Waals surface area (Å²) in [4.78, 5) is 10.9. The predicted molar refractivity (Wildman–Crippen MR) is 65.7 cm³/mol. The number of imidazole rings is 1. The van der Waals surface area contributed by atoms with Gasteiger partial charge in [-0.1, -0.05) is 0 Å². The molecule has 1 N–H and O–H groups in total. The lowest BCUT2D eigenvalue weighted by molar-refractivity contribution is 0.197. The molecule has 1 aliphatic heterocycles. The van der Waals surface area contributed by atoms with Gasteiger partial charge in [0.15, 0.2) is 5.65 Å². The van der Waals surface area contributed by atoms with Crippen molar-refractivity contribution >= 4 is 5.65 Å². The first kappa shape index (κ1) is 10.7. The Balaban J connectivity index is 1.80. The third-order valence-electron chi connectivity index (χ3n) is 3.23. The summed E-state index contributed by atoms with van der Waals surface area (Å²) in [6, 6.07) is 0.574. The maximum Gasteiger partial charge on any atom is 0.155 e. The molecule has 1 aliphatic rings. The first-order chi connectivity index (χ1) is 8.33. The molecule has 0 amide bonds. The number of hydrogen-bond donors (Lipinski definition) is 1. The van der Waals surface area contributed by atoms with E-state index < -0.39 is 0 Å². The van der Waals surface area contributed by atoms with Crippen LogP contribution in [-0.4, -0.2) is 44.9 Å². The maximum atomic E-state index is 4.36. The van der Waals surface area contributed by atoms with E-state index >= 15 is 0 Å². The molecular weight excluding hydrogens is 214 g/mol. The predicted octanol–water partition coefficient (Wildman–Crippen LogP) is 0.523. The van der Waals surface area contributed by atoms with Crippen LogP contribution in [0, 0.1) is 0 Å². The molecular formula is C12H17N5. The van der Waals surface area contributed by atoms with Gasteiger partial charge in [-0.2, -0.15) is 0 Å². The summed E-state index contributed by atoms with van der Waals surface area (Å²) >= 11 is 0. The maximum absolute atomic E-state index is 4.36. The molecule has 0 unspecified atom stereocenters. The van der Waals surface area contributed by atoms with Gasteiger partial charge in [0, 0.05) is 44.6 Å². The fourth-order valence-corrected chi connectivity index (χ4v) is 2.40. The lowest BCUT2D eigenvalue weighted by Gasteiger charge is -2.31. The molecule has 3 rings (SSSR count). The average Bonchev–Trinajstić information content (AvgIpc) is 2.73. The van der Waals surface area contributed by atoms with Gasteiger partial charge >= 0.3 is 0 Å². The lowest BCUT2D eigenvalue weighted by Crippen LogP contribution is -2.48. The Bertz CT molecular complexity index is 506. The van der Waals surface area contributed by atoms with Gasteiger partial charge in [0.05, 0.1) is 18.1 Å². The van der Waals surface area contributed by atoms with Crippen LogP contribution >= 0.6 is 0 Å². The minimum atomic E-state index is 0.574. The molecule has 0 aliphatic carbocycles. The summed E-state index contributed by atoms with van der Waals surface area (Å²) in [5.41, 5.74) is 2.15. The second-order valence-electron chi connectivity index (χ2n) is 4.64. The van der Waals surface area contributed by atoms with Crippen molar-refractivity contribution < 1.29 is 0 Å². The zero-order chi connectivity index (χ0) is 11.7. The van der Waals surface area contributed by atoms with E-state index in [0.29, 0.717) is 6.04 Å². The fraction of sp³-hybridized carbons (Fsp3) is 0.500. The molecule has 3 heterocycles. The molecule has 5 nitrogen and oxygen atoms in total. The van der Waals surface area contributed by atoms with Gasteiger partial charge in [0.25, 0.3) is 0 Å². The Morgan fingerprint density at radius 1 is 1.47 bits per heavy atom. The van der Waals surface area contributed by atoms with Crippen LogP contribution in [0.2, 0.25) is 0 Å². The van der Waals surface area contributed by atoms with E-state index in [9.17, 15) is 0 Å². The summed E-state index contributed by atoms with van der Waals surface area (Å²) in [6.45, 7) is 6.45. The van der Waals surface area contributed by atoms with Gasteiger partial charge in [0.2, 0.25) is 0 Å². The van der Waals surface area contributed by atoms with Gasteiger partial charge in [-0.3, -0.25) is 14.3 Å². The Labute approximate surface area is 100 Å². The molecule has 0 bridgehead atoms. The minimum absolute atomic E-state index is 0.574. The van der Waals surface area contributed by atoms with E-state index in [-0.39, 0.29) is 0 Å². The molecule has 1 saturated heterocycles. The Morgan fingerprint density at radius 3 is 3.29 bits per heavy atom. The molecule has 17 heavy (non-hydrogen) atoms. The standard InChI is InChI=1S/C12H17N5/c1-10-8-16(4-3-14-10)9-11-6-15-12-7-13-2-5-17(11)12/h2,5-7,10,14H,3-4,8-9H2,1H3/t10-/m1/s1. The van der Waals surface area contributed by atoms with Crippen LogP contribution in [0.15, 0.2) is 24.8 Å². The Hall–Kier alpha value is -1.46. The van der Waals surface area contributed by atoms with Gasteiger partial charge in [-0.25, -0.2) is 4.98 Å². The van der Waals surface area contributed by atoms with Crippen LogP contribution in [0.5, 0.6) is 0 Å². The lowest BCUT2D eigenvalue weighted by atomic mass is 10.2. The number of fused-ring (bicyclic) bond motifs is 1.